The summed E-state index contributed by atoms with van der Waals surface area (Å²) < 4.78 is 10.5. The summed E-state index contributed by atoms with van der Waals surface area (Å²) in [6, 6.07) is 5.53. The van der Waals surface area contributed by atoms with Crippen LogP contribution in [0.15, 0.2) is 18.2 Å². The Morgan fingerprint density at radius 2 is 2.05 bits per heavy atom. The topological polar surface area (TPSA) is 59.0 Å². The highest BCUT2D eigenvalue weighted by Crippen LogP contribution is 2.32. The molecule has 0 saturated heterocycles. The third-order valence-corrected chi connectivity index (χ3v) is 3.18. The van der Waals surface area contributed by atoms with Gasteiger partial charge in [-0.25, -0.2) is 0 Å². The van der Waals surface area contributed by atoms with Crippen molar-refractivity contribution in [2.45, 2.75) is 19.9 Å². The van der Waals surface area contributed by atoms with Crippen LogP contribution >= 0.6 is 0 Å². The molecule has 1 aromatic rings. The van der Waals surface area contributed by atoms with Crippen LogP contribution in [0.2, 0.25) is 0 Å². The highest BCUT2D eigenvalue weighted by molar-refractivity contribution is 5.69. The fourth-order valence-electron chi connectivity index (χ4n) is 2.06. The molecule has 0 amide bonds. The van der Waals surface area contributed by atoms with Gasteiger partial charge in [-0.3, -0.25) is 9.69 Å². The summed E-state index contributed by atoms with van der Waals surface area (Å²) in [7, 11) is 3.19. The van der Waals surface area contributed by atoms with Gasteiger partial charge in [-0.2, -0.15) is 0 Å². The molecule has 0 aliphatic heterocycles. The van der Waals surface area contributed by atoms with Crippen molar-refractivity contribution < 1.29 is 19.4 Å². The molecule has 0 saturated carbocycles. The Balaban J connectivity index is 3.02. The van der Waals surface area contributed by atoms with E-state index in [1.807, 2.05) is 30.9 Å². The van der Waals surface area contributed by atoms with Crippen LogP contribution in [0.1, 0.15) is 25.5 Å². The van der Waals surface area contributed by atoms with E-state index in [1.54, 1.807) is 20.3 Å². The van der Waals surface area contributed by atoms with E-state index in [4.69, 9.17) is 14.6 Å². The molecular weight excluding hydrogens is 246 g/mol. The number of aliphatic carboxylic acids is 1. The molecule has 0 fully saturated rings. The van der Waals surface area contributed by atoms with Gasteiger partial charge in [0.1, 0.15) is 11.5 Å². The first-order valence-corrected chi connectivity index (χ1v) is 6.21. The van der Waals surface area contributed by atoms with Crippen molar-refractivity contribution in [3.05, 3.63) is 23.8 Å². The van der Waals surface area contributed by atoms with Gasteiger partial charge in [0.15, 0.2) is 0 Å². The molecule has 1 unspecified atom stereocenters. The highest BCUT2D eigenvalue weighted by atomic mass is 16.5. The second kappa shape index (κ2) is 6.99. The molecule has 106 valence electrons. The highest BCUT2D eigenvalue weighted by Gasteiger charge is 2.20. The van der Waals surface area contributed by atoms with E-state index in [1.165, 1.54) is 0 Å². The summed E-state index contributed by atoms with van der Waals surface area (Å²) in [5, 5.41) is 8.93. The van der Waals surface area contributed by atoms with Crippen LogP contribution in [-0.2, 0) is 4.79 Å². The number of carboxylic acids is 1. The molecule has 0 aliphatic carbocycles. The number of hydrogen-bond donors (Lipinski definition) is 1. The van der Waals surface area contributed by atoms with E-state index in [2.05, 4.69) is 0 Å². The molecule has 0 spiro atoms. The Morgan fingerprint density at radius 3 is 2.53 bits per heavy atom. The van der Waals surface area contributed by atoms with Gasteiger partial charge >= 0.3 is 5.97 Å². The van der Waals surface area contributed by atoms with Crippen LogP contribution in [-0.4, -0.2) is 43.3 Å². The molecule has 19 heavy (non-hydrogen) atoms. The van der Waals surface area contributed by atoms with E-state index in [9.17, 15) is 4.79 Å². The molecule has 1 atom stereocenters. The number of rotatable bonds is 7. The normalized spacial score (nSPS) is 12.3. The number of likely N-dealkylation sites (N-methyl/N-ethyl adjacent to an activating group) is 1. The van der Waals surface area contributed by atoms with Crippen LogP contribution in [0.25, 0.3) is 0 Å². The fraction of sp³-hybridized carbons (Fsp3) is 0.500. The molecule has 5 heteroatoms. The molecule has 0 bridgehead atoms. The van der Waals surface area contributed by atoms with Crippen LogP contribution in [0, 0.1) is 0 Å². The average molecular weight is 267 g/mol. The molecule has 0 aromatic heterocycles. The molecule has 1 N–H and O–H groups in total. The number of nitrogens with zero attached hydrogens (tertiary/aromatic N) is 1. The van der Waals surface area contributed by atoms with Crippen LogP contribution in [0.3, 0.4) is 0 Å². The van der Waals surface area contributed by atoms with Crippen LogP contribution in [0.4, 0.5) is 0 Å². The molecule has 5 nitrogen and oxygen atoms in total. The first-order chi connectivity index (χ1) is 9.03. The molecule has 0 aliphatic rings. The van der Waals surface area contributed by atoms with E-state index in [0.717, 1.165) is 5.56 Å². The lowest BCUT2D eigenvalue weighted by molar-refractivity contribution is -0.138. The zero-order valence-corrected chi connectivity index (χ0v) is 11.8. The number of ether oxygens (including phenoxy) is 2. The predicted octanol–water partition coefficient (Wildman–Crippen LogP) is 2.17. The van der Waals surface area contributed by atoms with Gasteiger partial charge < -0.3 is 14.6 Å². The second-order valence-electron chi connectivity index (χ2n) is 4.24. The first kappa shape index (κ1) is 15.3. The lowest BCUT2D eigenvalue weighted by Crippen LogP contribution is -2.32. The Hall–Kier alpha value is -1.75. The van der Waals surface area contributed by atoms with Gasteiger partial charge in [0, 0.05) is 17.7 Å². The molecular formula is C14H21NO4. The van der Waals surface area contributed by atoms with E-state index < -0.39 is 5.97 Å². The average Bonchev–Trinajstić information content (AvgIpc) is 2.42. The zero-order chi connectivity index (χ0) is 14.4. The van der Waals surface area contributed by atoms with E-state index in [-0.39, 0.29) is 12.6 Å². The summed E-state index contributed by atoms with van der Waals surface area (Å²) in [5.41, 5.74) is 0.950. The number of carbonyl (C=O) groups is 1. The summed E-state index contributed by atoms with van der Waals surface area (Å²) >= 11 is 0. The fourth-order valence-corrected chi connectivity index (χ4v) is 2.06. The van der Waals surface area contributed by atoms with Crippen LogP contribution < -0.4 is 9.47 Å². The summed E-state index contributed by atoms with van der Waals surface area (Å²) in [4.78, 5) is 12.7. The van der Waals surface area contributed by atoms with Gasteiger partial charge in [0.05, 0.1) is 20.8 Å². The lowest BCUT2D eigenvalue weighted by Gasteiger charge is -2.27. The maximum Gasteiger partial charge on any atom is 0.317 e. The lowest BCUT2D eigenvalue weighted by atomic mass is 10.1. The van der Waals surface area contributed by atoms with Gasteiger partial charge in [0.25, 0.3) is 0 Å². The van der Waals surface area contributed by atoms with E-state index in [0.29, 0.717) is 18.0 Å². The van der Waals surface area contributed by atoms with Crippen molar-refractivity contribution in [3.63, 3.8) is 0 Å². The van der Waals surface area contributed by atoms with E-state index >= 15 is 0 Å². The molecule has 1 aromatic carbocycles. The largest absolute Gasteiger partial charge is 0.497 e. The molecule has 0 heterocycles. The summed E-state index contributed by atoms with van der Waals surface area (Å²) in [6.07, 6.45) is 0. The minimum Gasteiger partial charge on any atom is -0.497 e. The third-order valence-electron chi connectivity index (χ3n) is 3.18. The maximum absolute atomic E-state index is 10.9. The van der Waals surface area contributed by atoms with Crippen molar-refractivity contribution in [2.24, 2.45) is 0 Å². The Bertz CT molecular complexity index is 433. The number of carboxylic acid groups (broad SMARTS) is 1. The van der Waals surface area contributed by atoms with Crippen molar-refractivity contribution in [2.75, 3.05) is 27.3 Å². The minimum atomic E-state index is -0.832. The number of methoxy groups -OCH3 is 2. The standard InChI is InChI=1S/C14H21NO4/c1-5-15(9-14(16)17)10(2)12-7-6-11(18-3)8-13(12)19-4/h6-8,10H,5,9H2,1-4H3,(H,16,17). The van der Waals surface area contributed by atoms with Gasteiger partial charge in [0.2, 0.25) is 0 Å². The third kappa shape index (κ3) is 3.86. The maximum atomic E-state index is 10.9. The number of benzene rings is 1. The van der Waals surface area contributed by atoms with Gasteiger partial charge in [-0.05, 0) is 19.5 Å². The monoisotopic (exact) mass is 267 g/mol. The predicted molar refractivity (Wildman–Crippen MR) is 72.8 cm³/mol. The smallest absolute Gasteiger partial charge is 0.317 e. The van der Waals surface area contributed by atoms with Crippen LogP contribution in [0.5, 0.6) is 11.5 Å². The zero-order valence-electron chi connectivity index (χ0n) is 11.8. The molecule has 0 radical (unpaired) electrons. The van der Waals surface area contributed by atoms with Crippen molar-refractivity contribution in [1.29, 1.82) is 0 Å². The summed E-state index contributed by atoms with van der Waals surface area (Å²) in [5.74, 6) is 0.589. The quantitative estimate of drug-likeness (QED) is 0.820. The second-order valence-corrected chi connectivity index (χ2v) is 4.24. The van der Waals surface area contributed by atoms with Crippen molar-refractivity contribution in [3.8, 4) is 11.5 Å². The van der Waals surface area contributed by atoms with Crippen molar-refractivity contribution >= 4 is 5.97 Å². The van der Waals surface area contributed by atoms with Gasteiger partial charge in [-0.1, -0.05) is 13.0 Å². The first-order valence-electron chi connectivity index (χ1n) is 6.21. The Morgan fingerprint density at radius 1 is 1.37 bits per heavy atom. The Kier molecular flexibility index (Phi) is 5.63. The van der Waals surface area contributed by atoms with Crippen molar-refractivity contribution in [1.82, 2.24) is 4.90 Å². The Labute approximate surface area is 113 Å². The molecule has 1 rings (SSSR count). The summed E-state index contributed by atoms with van der Waals surface area (Å²) in [6.45, 7) is 4.57. The van der Waals surface area contributed by atoms with Gasteiger partial charge in [-0.15, -0.1) is 0 Å². The number of hydrogen-bond acceptors (Lipinski definition) is 4. The SMILES string of the molecule is CCN(CC(=O)O)C(C)c1ccc(OC)cc1OC. The minimum absolute atomic E-state index is 0.00680.